The third kappa shape index (κ3) is 4.20. The van der Waals surface area contributed by atoms with Gasteiger partial charge in [-0.05, 0) is 18.2 Å². The Morgan fingerprint density at radius 2 is 2.19 bits per heavy atom. The van der Waals surface area contributed by atoms with Crippen molar-refractivity contribution >= 4 is 46.0 Å². The summed E-state index contributed by atoms with van der Waals surface area (Å²) in [5.74, 6) is -1.57. The molecule has 0 atom stereocenters. The molecule has 21 heavy (non-hydrogen) atoms. The average Bonchev–Trinajstić information content (AvgIpc) is 2.44. The molecular weight excluding hydrogens is 319 g/mol. The number of rotatable bonds is 3. The van der Waals surface area contributed by atoms with Crippen molar-refractivity contribution in [1.29, 1.82) is 0 Å². The first-order chi connectivity index (χ1) is 9.95. The number of carbonyl (C=O) groups is 2. The smallest absolute Gasteiger partial charge is 0.299 e. The Hall–Kier alpha value is -2.06. The largest absolute Gasteiger partial charge is 0.325 e. The summed E-state index contributed by atoms with van der Waals surface area (Å²) in [5, 5.41) is 9.67. The van der Waals surface area contributed by atoms with E-state index < -0.39 is 11.7 Å². The molecule has 0 bridgehead atoms. The molecule has 2 rings (SSSR count). The first-order valence-electron chi connectivity index (χ1n) is 5.57. The second-order valence-corrected chi connectivity index (χ2v) is 5.16. The van der Waals surface area contributed by atoms with Crippen molar-refractivity contribution in [2.45, 2.75) is 0 Å². The Balaban J connectivity index is 1.89. The standard InChI is InChI=1S/C12H8ClFN4O2S/c1-6-11(20)16-12(18-17-6)21-5-10(19)15-7-2-3-9(14)8(13)4-7/h2-4H,1,5H2,(H,15,19). The molecule has 0 aromatic heterocycles. The highest BCUT2D eigenvalue weighted by atomic mass is 35.5. The van der Waals surface area contributed by atoms with Crippen LogP contribution in [0.5, 0.6) is 0 Å². The number of benzene rings is 1. The number of anilines is 1. The minimum Gasteiger partial charge on any atom is -0.325 e. The Kier molecular flexibility index (Phi) is 4.81. The van der Waals surface area contributed by atoms with Crippen molar-refractivity contribution in [3.8, 4) is 0 Å². The van der Waals surface area contributed by atoms with Crippen LogP contribution in [-0.4, -0.2) is 22.7 Å². The molecule has 108 valence electrons. The molecule has 1 N–H and O–H groups in total. The molecule has 0 aliphatic carbocycles. The number of amides is 2. The van der Waals surface area contributed by atoms with E-state index in [0.29, 0.717) is 5.69 Å². The fourth-order valence-corrected chi connectivity index (χ4v) is 2.04. The molecule has 9 heteroatoms. The molecule has 1 heterocycles. The van der Waals surface area contributed by atoms with Gasteiger partial charge in [-0.3, -0.25) is 9.59 Å². The maximum Gasteiger partial charge on any atom is 0.299 e. The number of aliphatic imine (C=N–C) groups is 1. The molecule has 6 nitrogen and oxygen atoms in total. The van der Waals surface area contributed by atoms with E-state index in [4.69, 9.17) is 11.6 Å². The molecule has 1 aliphatic rings. The minimum atomic E-state index is -0.585. The van der Waals surface area contributed by atoms with E-state index in [9.17, 15) is 14.0 Å². The van der Waals surface area contributed by atoms with Crippen LogP contribution >= 0.6 is 23.4 Å². The lowest BCUT2D eigenvalue weighted by Gasteiger charge is -2.06. The zero-order valence-corrected chi connectivity index (χ0v) is 12.0. The van der Waals surface area contributed by atoms with Crippen molar-refractivity contribution < 1.29 is 14.0 Å². The van der Waals surface area contributed by atoms with Crippen LogP contribution in [-0.2, 0) is 9.59 Å². The molecule has 0 saturated heterocycles. The predicted molar refractivity (Wildman–Crippen MR) is 78.9 cm³/mol. The van der Waals surface area contributed by atoms with E-state index >= 15 is 0 Å². The average molecular weight is 327 g/mol. The first-order valence-corrected chi connectivity index (χ1v) is 6.93. The zero-order chi connectivity index (χ0) is 15.4. The quantitative estimate of drug-likeness (QED) is 0.867. The van der Waals surface area contributed by atoms with Crippen molar-refractivity contribution in [2.75, 3.05) is 11.1 Å². The van der Waals surface area contributed by atoms with Crippen molar-refractivity contribution in [1.82, 2.24) is 0 Å². The number of nitrogens with one attached hydrogen (secondary N) is 1. The van der Waals surface area contributed by atoms with Crippen LogP contribution in [0.3, 0.4) is 0 Å². The lowest BCUT2D eigenvalue weighted by atomic mass is 10.3. The van der Waals surface area contributed by atoms with E-state index in [2.05, 4.69) is 27.1 Å². The number of hydrogen-bond donors (Lipinski definition) is 1. The van der Waals surface area contributed by atoms with Crippen LogP contribution in [0.15, 0.2) is 45.7 Å². The van der Waals surface area contributed by atoms with Gasteiger partial charge in [-0.15, -0.1) is 10.2 Å². The van der Waals surface area contributed by atoms with E-state index in [1.807, 2.05) is 0 Å². The van der Waals surface area contributed by atoms with Gasteiger partial charge in [0.25, 0.3) is 5.91 Å². The molecule has 1 aromatic rings. The molecule has 0 unspecified atom stereocenters. The van der Waals surface area contributed by atoms with Gasteiger partial charge in [0.2, 0.25) is 11.1 Å². The second kappa shape index (κ2) is 6.59. The number of hydrogen-bond acceptors (Lipinski definition) is 5. The molecule has 0 spiro atoms. The summed E-state index contributed by atoms with van der Waals surface area (Å²) in [5.41, 5.74) is 0.313. The number of halogens is 2. The SMILES string of the molecule is C=C1N=NC(SCC(=O)Nc2ccc(F)c(Cl)c2)=NC1=O. The van der Waals surface area contributed by atoms with Crippen LogP contribution in [0.25, 0.3) is 0 Å². The summed E-state index contributed by atoms with van der Waals surface area (Å²) in [6.07, 6.45) is 0. The Morgan fingerprint density at radius 1 is 1.43 bits per heavy atom. The summed E-state index contributed by atoms with van der Waals surface area (Å²) in [6.45, 7) is 3.35. The van der Waals surface area contributed by atoms with Gasteiger partial charge in [0.05, 0.1) is 10.8 Å². The van der Waals surface area contributed by atoms with Crippen LogP contribution in [0.2, 0.25) is 5.02 Å². The molecule has 0 saturated carbocycles. The van der Waals surface area contributed by atoms with Gasteiger partial charge in [0.1, 0.15) is 11.5 Å². The van der Waals surface area contributed by atoms with Gasteiger partial charge in [0.15, 0.2) is 0 Å². The summed E-state index contributed by atoms with van der Waals surface area (Å²) < 4.78 is 13.0. The molecule has 1 aromatic carbocycles. The summed E-state index contributed by atoms with van der Waals surface area (Å²) >= 11 is 6.55. The van der Waals surface area contributed by atoms with Gasteiger partial charge < -0.3 is 5.32 Å². The number of azo groups is 1. The van der Waals surface area contributed by atoms with Gasteiger partial charge in [0, 0.05) is 5.69 Å². The third-order valence-electron chi connectivity index (χ3n) is 2.24. The van der Waals surface area contributed by atoms with Crippen LogP contribution < -0.4 is 5.32 Å². The molecule has 2 amide bonds. The Labute approximate surface area is 128 Å². The highest BCUT2D eigenvalue weighted by Gasteiger charge is 2.15. The van der Waals surface area contributed by atoms with Gasteiger partial charge in [-0.2, -0.15) is 4.99 Å². The fourth-order valence-electron chi connectivity index (χ4n) is 1.28. The first kappa shape index (κ1) is 15.3. The topological polar surface area (TPSA) is 83.2 Å². The molecule has 0 fully saturated rings. The maximum atomic E-state index is 13.0. The Bertz CT molecular complexity index is 690. The predicted octanol–water partition coefficient (Wildman–Crippen LogP) is 3.01. The number of nitrogens with zero attached hydrogens (tertiary/aromatic N) is 3. The zero-order valence-electron chi connectivity index (χ0n) is 10.5. The van der Waals surface area contributed by atoms with Crippen LogP contribution in [0, 0.1) is 5.82 Å². The van der Waals surface area contributed by atoms with E-state index in [-0.39, 0.29) is 27.5 Å². The number of carbonyl (C=O) groups excluding carboxylic acids is 2. The van der Waals surface area contributed by atoms with Gasteiger partial charge in [-0.1, -0.05) is 29.9 Å². The number of amidine groups is 1. The van der Waals surface area contributed by atoms with Gasteiger partial charge in [-0.25, -0.2) is 4.39 Å². The van der Waals surface area contributed by atoms with Gasteiger partial charge >= 0.3 is 0 Å². The van der Waals surface area contributed by atoms with Crippen molar-refractivity contribution in [3.05, 3.63) is 41.3 Å². The van der Waals surface area contributed by atoms with E-state index in [1.165, 1.54) is 12.1 Å². The Morgan fingerprint density at radius 3 is 2.86 bits per heavy atom. The van der Waals surface area contributed by atoms with Crippen LogP contribution in [0.1, 0.15) is 0 Å². The fraction of sp³-hybridized carbons (Fsp3) is 0.0833. The van der Waals surface area contributed by atoms with Crippen molar-refractivity contribution in [3.63, 3.8) is 0 Å². The summed E-state index contributed by atoms with van der Waals surface area (Å²) in [6, 6.07) is 3.83. The normalized spacial score (nSPS) is 14.1. The van der Waals surface area contributed by atoms with E-state index in [0.717, 1.165) is 17.8 Å². The maximum absolute atomic E-state index is 13.0. The monoisotopic (exact) mass is 326 g/mol. The van der Waals surface area contributed by atoms with Crippen molar-refractivity contribution in [2.24, 2.45) is 15.2 Å². The lowest BCUT2D eigenvalue weighted by molar-refractivity contribution is -0.115. The summed E-state index contributed by atoms with van der Waals surface area (Å²) in [7, 11) is 0. The molecule has 1 aliphatic heterocycles. The molecule has 0 radical (unpaired) electrons. The van der Waals surface area contributed by atoms with Crippen LogP contribution in [0.4, 0.5) is 10.1 Å². The summed E-state index contributed by atoms with van der Waals surface area (Å²) in [4.78, 5) is 26.5. The minimum absolute atomic E-state index is 0.0351. The van der Waals surface area contributed by atoms with E-state index in [1.54, 1.807) is 0 Å². The second-order valence-electron chi connectivity index (χ2n) is 3.81. The molecular formula is C12H8ClFN4O2S. The number of thioether (sulfide) groups is 1. The highest BCUT2D eigenvalue weighted by Crippen LogP contribution is 2.20. The highest BCUT2D eigenvalue weighted by molar-refractivity contribution is 8.14. The lowest BCUT2D eigenvalue weighted by Crippen LogP contribution is -2.16. The third-order valence-corrected chi connectivity index (χ3v) is 3.36.